The zero-order valence-corrected chi connectivity index (χ0v) is 36.6. The van der Waals surface area contributed by atoms with E-state index in [1.54, 1.807) is 6.07 Å². The maximum atomic E-state index is 11.0. The van der Waals surface area contributed by atoms with Crippen LogP contribution in [0.5, 0.6) is 5.75 Å². The number of hydrogen-bond acceptors (Lipinski definition) is 4. The Kier molecular flexibility index (Phi) is 10.3. The van der Waals surface area contributed by atoms with Crippen molar-refractivity contribution in [2.75, 3.05) is 0 Å². The van der Waals surface area contributed by atoms with E-state index in [0.29, 0.717) is 11.3 Å². The third-order valence-electron chi connectivity index (χ3n) is 11.1. The van der Waals surface area contributed by atoms with Crippen molar-refractivity contribution in [1.82, 2.24) is 24.3 Å². The molecule has 0 unspecified atom stereocenters. The SMILES string of the molecule is Cn1ncc2c3cccc(-c4ccnc(-c5[c-]c(-c6cc(-c7cc(C(C)(C)C)cc(C(C)(C)C)c7)cc(-c7ccccc7O)n6)ccc5)c4)c3n(-c3ccccc3)c21.[Pt]. The van der Waals surface area contributed by atoms with Crippen LogP contribution in [0.4, 0.5) is 0 Å². The smallest absolute Gasteiger partial charge is 0.143 e. The summed E-state index contributed by atoms with van der Waals surface area (Å²) >= 11 is 0. The molecule has 0 aliphatic heterocycles. The Balaban J connectivity index is 0.00000484. The molecule has 1 N–H and O–H groups in total. The minimum atomic E-state index is -0.0447. The fourth-order valence-corrected chi connectivity index (χ4v) is 7.89. The maximum absolute atomic E-state index is 11.0. The van der Waals surface area contributed by atoms with E-state index in [2.05, 4.69) is 148 Å². The second-order valence-electron chi connectivity index (χ2n) is 17.2. The number of nitrogens with zero attached hydrogens (tertiary/aromatic N) is 5. The zero-order valence-electron chi connectivity index (χ0n) is 34.4. The first kappa shape index (κ1) is 39.7. The first-order valence-corrected chi connectivity index (χ1v) is 19.8. The maximum Gasteiger partial charge on any atom is 0.143 e. The molecule has 9 rings (SSSR count). The molecule has 0 saturated heterocycles. The number of fused-ring (bicyclic) bond motifs is 3. The molecule has 0 aliphatic rings. The van der Waals surface area contributed by atoms with Gasteiger partial charge in [-0.1, -0.05) is 132 Å². The van der Waals surface area contributed by atoms with E-state index < -0.39 is 0 Å². The summed E-state index contributed by atoms with van der Waals surface area (Å²) in [6, 6.07) is 49.6. The Hall–Kier alpha value is -6.10. The van der Waals surface area contributed by atoms with Crippen LogP contribution in [0.25, 0.3) is 83.6 Å². The van der Waals surface area contributed by atoms with Crippen molar-refractivity contribution < 1.29 is 26.2 Å². The Morgan fingerprint density at radius 1 is 0.576 bits per heavy atom. The summed E-state index contributed by atoms with van der Waals surface area (Å²) in [6.07, 6.45) is 3.84. The predicted octanol–water partition coefficient (Wildman–Crippen LogP) is 12.7. The van der Waals surface area contributed by atoms with E-state index >= 15 is 0 Å². The molecule has 0 atom stereocenters. The number of phenolic OH excluding ortho intramolecular Hbond substituents is 1. The van der Waals surface area contributed by atoms with Gasteiger partial charge in [-0.25, -0.2) is 0 Å². The van der Waals surface area contributed by atoms with Crippen LogP contribution in [0.2, 0.25) is 0 Å². The fourth-order valence-electron chi connectivity index (χ4n) is 7.89. The molecule has 5 aromatic carbocycles. The molecule has 4 heterocycles. The predicted molar refractivity (Wildman–Crippen MR) is 238 cm³/mol. The molecule has 9 aromatic rings. The van der Waals surface area contributed by atoms with Crippen LogP contribution in [0.15, 0.2) is 146 Å². The van der Waals surface area contributed by atoms with Gasteiger partial charge in [0.1, 0.15) is 11.4 Å². The summed E-state index contributed by atoms with van der Waals surface area (Å²) in [7, 11) is 2.00. The van der Waals surface area contributed by atoms with Gasteiger partial charge in [0.05, 0.1) is 17.4 Å². The van der Waals surface area contributed by atoms with Crippen molar-refractivity contribution in [3.63, 3.8) is 0 Å². The van der Waals surface area contributed by atoms with Crippen molar-refractivity contribution in [1.29, 1.82) is 0 Å². The summed E-state index contributed by atoms with van der Waals surface area (Å²) in [5, 5.41) is 17.9. The monoisotopic (exact) mass is 951 g/mol. The molecule has 0 bridgehead atoms. The van der Waals surface area contributed by atoms with Crippen molar-refractivity contribution >= 4 is 21.9 Å². The molecule has 7 heteroatoms. The number of rotatable bonds is 6. The second-order valence-corrected chi connectivity index (χ2v) is 17.2. The first-order valence-electron chi connectivity index (χ1n) is 19.8. The van der Waals surface area contributed by atoms with Crippen LogP contribution in [0.3, 0.4) is 0 Å². The van der Waals surface area contributed by atoms with Gasteiger partial charge in [0.2, 0.25) is 0 Å². The summed E-state index contributed by atoms with van der Waals surface area (Å²) in [5.74, 6) is 0.188. The normalized spacial score (nSPS) is 11.9. The van der Waals surface area contributed by atoms with E-state index in [1.165, 1.54) is 11.1 Å². The number of para-hydroxylation sites is 3. The van der Waals surface area contributed by atoms with Gasteiger partial charge in [-0.3, -0.25) is 19.2 Å². The molecule has 296 valence electrons. The minimum absolute atomic E-state index is 0. The van der Waals surface area contributed by atoms with E-state index in [4.69, 9.17) is 9.97 Å². The van der Waals surface area contributed by atoms with Gasteiger partial charge in [0.15, 0.2) is 0 Å². The molecule has 6 nitrogen and oxygen atoms in total. The van der Waals surface area contributed by atoms with E-state index in [9.17, 15) is 5.11 Å². The minimum Gasteiger partial charge on any atom is -0.507 e. The third-order valence-corrected chi connectivity index (χ3v) is 11.1. The summed E-state index contributed by atoms with van der Waals surface area (Å²) in [5.41, 5.74) is 14.6. The fraction of sp³-hybridized carbons (Fsp3) is 0.173. The van der Waals surface area contributed by atoms with Gasteiger partial charge < -0.3 is 5.11 Å². The van der Waals surface area contributed by atoms with Crippen LogP contribution >= 0.6 is 0 Å². The van der Waals surface area contributed by atoms with Gasteiger partial charge >= 0.3 is 0 Å². The summed E-state index contributed by atoms with van der Waals surface area (Å²) < 4.78 is 4.26. The average Bonchev–Trinajstić information content (AvgIpc) is 3.77. The molecule has 0 fully saturated rings. The molecule has 0 aliphatic carbocycles. The third kappa shape index (κ3) is 7.43. The van der Waals surface area contributed by atoms with Crippen molar-refractivity contribution in [3.05, 3.63) is 163 Å². The molecular formula is C52H46N5OPt-. The van der Waals surface area contributed by atoms with Crippen molar-refractivity contribution in [3.8, 4) is 67.5 Å². The van der Waals surface area contributed by atoms with Gasteiger partial charge in [-0.15, -0.1) is 24.3 Å². The number of aromatic hydroxyl groups is 1. The standard InChI is InChI=1S/C52H46N5O.Pt/c1-51(2,3)38-26-36(27-39(31-38)52(4,5)6)37-29-46(55-47(30-37)43-19-11-12-22-48(43)58)35-16-13-15-34(25-35)45-28-33(23-24-53-45)41-20-14-21-42-44-32-54-56(7)50(44)57(49(41)42)40-17-9-8-10-18-40;/h8-24,26-32,58H,1-7H3;/q-1;. The number of phenols is 1. The Morgan fingerprint density at radius 2 is 1.19 bits per heavy atom. The number of hydrogen-bond donors (Lipinski definition) is 1. The molecule has 0 saturated carbocycles. The average molecular weight is 952 g/mol. The number of pyridine rings is 2. The number of benzene rings is 5. The van der Waals surface area contributed by atoms with Crippen LogP contribution in [-0.2, 0) is 38.9 Å². The van der Waals surface area contributed by atoms with Gasteiger partial charge in [0.25, 0.3) is 0 Å². The first-order chi connectivity index (χ1) is 27.8. The van der Waals surface area contributed by atoms with Crippen LogP contribution in [0.1, 0.15) is 52.7 Å². The van der Waals surface area contributed by atoms with Crippen LogP contribution in [0, 0.1) is 6.07 Å². The van der Waals surface area contributed by atoms with E-state index in [0.717, 1.165) is 72.4 Å². The zero-order chi connectivity index (χ0) is 40.3. The van der Waals surface area contributed by atoms with Crippen molar-refractivity contribution in [2.24, 2.45) is 7.05 Å². The summed E-state index contributed by atoms with van der Waals surface area (Å²) in [4.78, 5) is 10.1. The van der Waals surface area contributed by atoms with Crippen LogP contribution < -0.4 is 0 Å². The van der Waals surface area contributed by atoms with Gasteiger partial charge in [0, 0.05) is 73.3 Å². The Bertz CT molecular complexity index is 2970. The topological polar surface area (TPSA) is 68.8 Å². The molecule has 0 radical (unpaired) electrons. The molecule has 59 heavy (non-hydrogen) atoms. The molecule has 0 amide bonds. The molecule has 4 aromatic heterocycles. The quantitative estimate of drug-likeness (QED) is 0.169. The van der Waals surface area contributed by atoms with Crippen molar-refractivity contribution in [2.45, 2.75) is 52.4 Å². The van der Waals surface area contributed by atoms with Gasteiger partial charge in [-0.2, -0.15) is 5.10 Å². The molecular weight excluding hydrogens is 906 g/mol. The van der Waals surface area contributed by atoms with E-state index in [-0.39, 0.29) is 37.6 Å². The van der Waals surface area contributed by atoms with E-state index in [1.807, 2.05) is 60.5 Å². The van der Waals surface area contributed by atoms with Gasteiger partial charge in [-0.05, 0) is 75.0 Å². The second kappa shape index (κ2) is 15.2. The largest absolute Gasteiger partial charge is 0.507 e. The Morgan fingerprint density at radius 3 is 1.90 bits per heavy atom. The Labute approximate surface area is 360 Å². The number of aromatic nitrogens is 5. The summed E-state index contributed by atoms with van der Waals surface area (Å²) in [6.45, 7) is 13.5. The molecule has 0 spiro atoms. The number of aryl methyl sites for hydroxylation is 1. The van der Waals surface area contributed by atoms with Crippen LogP contribution in [-0.4, -0.2) is 29.4 Å².